The van der Waals surface area contributed by atoms with E-state index in [1.165, 1.54) is 12.8 Å². The zero-order valence-electron chi connectivity index (χ0n) is 11.4. The van der Waals surface area contributed by atoms with Crippen LogP contribution in [0.2, 0.25) is 0 Å². The van der Waals surface area contributed by atoms with Crippen molar-refractivity contribution in [2.75, 3.05) is 19.0 Å². The van der Waals surface area contributed by atoms with Gasteiger partial charge in [-0.2, -0.15) is 0 Å². The minimum atomic E-state index is 0.0723. The molecule has 17 heavy (non-hydrogen) atoms. The van der Waals surface area contributed by atoms with Gasteiger partial charge in [-0.3, -0.25) is 0 Å². The van der Waals surface area contributed by atoms with Crippen molar-refractivity contribution < 1.29 is 4.74 Å². The number of nitrogens with zero attached hydrogens (tertiary/aromatic N) is 2. The SMILES string of the molecule is CN(C)c1nc(C(C)(C)C)ccc1OC1CC1. The van der Waals surface area contributed by atoms with Crippen LogP contribution in [-0.2, 0) is 5.41 Å². The molecule has 94 valence electrons. The Kier molecular flexibility index (Phi) is 3.02. The lowest BCUT2D eigenvalue weighted by Crippen LogP contribution is -2.18. The average Bonchev–Trinajstić information content (AvgIpc) is 3.00. The molecule has 1 aromatic heterocycles. The van der Waals surface area contributed by atoms with Crippen LogP contribution >= 0.6 is 0 Å². The van der Waals surface area contributed by atoms with Gasteiger partial charge in [0.25, 0.3) is 0 Å². The standard InChI is InChI=1S/C14H22N2O/c1-14(2,3)12-9-8-11(17-10-6-7-10)13(15-12)16(4)5/h8-10H,6-7H2,1-5H3. The topological polar surface area (TPSA) is 25.4 Å². The van der Waals surface area contributed by atoms with E-state index in [0.29, 0.717) is 6.10 Å². The zero-order chi connectivity index (χ0) is 12.6. The molecule has 0 radical (unpaired) electrons. The van der Waals surface area contributed by atoms with E-state index in [4.69, 9.17) is 9.72 Å². The normalized spacial score (nSPS) is 15.8. The minimum absolute atomic E-state index is 0.0723. The van der Waals surface area contributed by atoms with Crippen molar-refractivity contribution in [2.45, 2.75) is 45.1 Å². The Morgan fingerprint density at radius 1 is 1.24 bits per heavy atom. The van der Waals surface area contributed by atoms with Crippen molar-refractivity contribution >= 4 is 5.82 Å². The summed E-state index contributed by atoms with van der Waals surface area (Å²) in [6.07, 6.45) is 2.76. The van der Waals surface area contributed by atoms with E-state index in [9.17, 15) is 0 Å². The van der Waals surface area contributed by atoms with Crippen LogP contribution < -0.4 is 9.64 Å². The zero-order valence-corrected chi connectivity index (χ0v) is 11.4. The Morgan fingerprint density at radius 3 is 2.35 bits per heavy atom. The summed E-state index contributed by atoms with van der Waals surface area (Å²) in [5.41, 5.74) is 1.17. The van der Waals surface area contributed by atoms with E-state index in [2.05, 4.69) is 32.9 Å². The fraction of sp³-hybridized carbons (Fsp3) is 0.643. The van der Waals surface area contributed by atoms with Crippen molar-refractivity contribution in [3.8, 4) is 5.75 Å². The molecule has 3 nitrogen and oxygen atoms in total. The molecule has 0 spiro atoms. The fourth-order valence-corrected chi connectivity index (χ4v) is 1.63. The van der Waals surface area contributed by atoms with Crippen molar-refractivity contribution in [3.63, 3.8) is 0 Å². The van der Waals surface area contributed by atoms with Gasteiger partial charge in [-0.25, -0.2) is 4.98 Å². The number of pyridine rings is 1. The van der Waals surface area contributed by atoms with E-state index >= 15 is 0 Å². The number of aromatic nitrogens is 1. The lowest BCUT2D eigenvalue weighted by atomic mass is 9.91. The highest BCUT2D eigenvalue weighted by molar-refractivity contribution is 5.52. The summed E-state index contributed by atoms with van der Waals surface area (Å²) in [4.78, 5) is 6.75. The van der Waals surface area contributed by atoms with Crippen LogP contribution in [0.1, 0.15) is 39.3 Å². The quantitative estimate of drug-likeness (QED) is 0.804. The van der Waals surface area contributed by atoms with Crippen molar-refractivity contribution in [2.24, 2.45) is 0 Å². The second-order valence-electron chi connectivity index (χ2n) is 5.98. The molecule has 1 aliphatic carbocycles. The monoisotopic (exact) mass is 234 g/mol. The van der Waals surface area contributed by atoms with Gasteiger partial charge in [0.05, 0.1) is 6.10 Å². The van der Waals surface area contributed by atoms with E-state index in [0.717, 1.165) is 17.3 Å². The Bertz CT molecular complexity index is 403. The number of hydrogen-bond acceptors (Lipinski definition) is 3. The number of ether oxygens (including phenoxy) is 1. The molecule has 1 aliphatic rings. The second-order valence-corrected chi connectivity index (χ2v) is 5.98. The third-order valence-corrected chi connectivity index (χ3v) is 2.85. The Labute approximate surface area is 104 Å². The first kappa shape index (κ1) is 12.2. The summed E-state index contributed by atoms with van der Waals surface area (Å²) in [6.45, 7) is 6.53. The van der Waals surface area contributed by atoms with Crippen molar-refractivity contribution in [1.29, 1.82) is 0 Å². The predicted molar refractivity (Wildman–Crippen MR) is 70.9 cm³/mol. The number of anilines is 1. The first-order valence-corrected chi connectivity index (χ1v) is 6.23. The van der Waals surface area contributed by atoms with Gasteiger partial charge in [0.15, 0.2) is 11.6 Å². The summed E-state index contributed by atoms with van der Waals surface area (Å²) >= 11 is 0. The van der Waals surface area contributed by atoms with Crippen LogP contribution in [-0.4, -0.2) is 25.2 Å². The van der Waals surface area contributed by atoms with Crippen LogP contribution in [0.15, 0.2) is 12.1 Å². The Morgan fingerprint density at radius 2 is 1.88 bits per heavy atom. The molecule has 0 atom stereocenters. The maximum absolute atomic E-state index is 5.88. The lowest BCUT2D eigenvalue weighted by molar-refractivity contribution is 0.302. The van der Waals surface area contributed by atoms with Gasteiger partial charge in [0.2, 0.25) is 0 Å². The van der Waals surface area contributed by atoms with Crippen molar-refractivity contribution in [3.05, 3.63) is 17.8 Å². The highest BCUT2D eigenvalue weighted by atomic mass is 16.5. The number of rotatable bonds is 3. The third-order valence-electron chi connectivity index (χ3n) is 2.85. The highest BCUT2D eigenvalue weighted by Gasteiger charge is 2.26. The molecule has 0 saturated heterocycles. The largest absolute Gasteiger partial charge is 0.487 e. The smallest absolute Gasteiger partial charge is 0.171 e. The second kappa shape index (κ2) is 4.21. The van der Waals surface area contributed by atoms with E-state index in [1.54, 1.807) is 0 Å². The molecule has 0 aliphatic heterocycles. The van der Waals surface area contributed by atoms with Gasteiger partial charge >= 0.3 is 0 Å². The molecule has 1 heterocycles. The molecular formula is C14H22N2O. The Balaban J connectivity index is 2.33. The molecule has 0 bridgehead atoms. The molecule has 3 heteroatoms. The van der Waals surface area contributed by atoms with Gasteiger partial charge in [-0.15, -0.1) is 0 Å². The predicted octanol–water partition coefficient (Wildman–Crippen LogP) is 2.99. The van der Waals surface area contributed by atoms with E-state index in [-0.39, 0.29) is 5.41 Å². The van der Waals surface area contributed by atoms with Crippen LogP contribution in [0.3, 0.4) is 0 Å². The highest BCUT2D eigenvalue weighted by Crippen LogP contribution is 2.34. The van der Waals surface area contributed by atoms with Gasteiger partial charge in [-0.1, -0.05) is 20.8 Å². The third kappa shape index (κ3) is 2.90. The fourth-order valence-electron chi connectivity index (χ4n) is 1.63. The first-order valence-electron chi connectivity index (χ1n) is 6.23. The van der Waals surface area contributed by atoms with E-state index in [1.807, 2.05) is 19.0 Å². The van der Waals surface area contributed by atoms with Crippen LogP contribution in [0.5, 0.6) is 5.75 Å². The molecule has 0 unspecified atom stereocenters. The maximum atomic E-state index is 5.88. The molecule has 0 amide bonds. The molecule has 1 aromatic rings. The van der Waals surface area contributed by atoms with Gasteiger partial charge < -0.3 is 9.64 Å². The molecule has 0 aromatic carbocycles. The van der Waals surface area contributed by atoms with Crippen LogP contribution in [0, 0.1) is 0 Å². The molecule has 0 N–H and O–H groups in total. The van der Waals surface area contributed by atoms with Gasteiger partial charge in [0.1, 0.15) is 0 Å². The summed E-state index contributed by atoms with van der Waals surface area (Å²) < 4.78 is 5.88. The molecular weight excluding hydrogens is 212 g/mol. The van der Waals surface area contributed by atoms with Crippen molar-refractivity contribution in [1.82, 2.24) is 4.98 Å². The summed E-state index contributed by atoms with van der Waals surface area (Å²) in [5, 5.41) is 0. The average molecular weight is 234 g/mol. The molecule has 1 saturated carbocycles. The number of hydrogen-bond donors (Lipinski definition) is 0. The summed E-state index contributed by atoms with van der Waals surface area (Å²) in [5.74, 6) is 1.84. The summed E-state index contributed by atoms with van der Waals surface area (Å²) in [6, 6.07) is 4.13. The molecule has 1 fully saturated rings. The molecule has 2 rings (SSSR count). The first-order chi connectivity index (χ1) is 7.88. The van der Waals surface area contributed by atoms with Crippen LogP contribution in [0.4, 0.5) is 5.82 Å². The van der Waals surface area contributed by atoms with E-state index < -0.39 is 0 Å². The Hall–Kier alpha value is -1.25. The lowest BCUT2D eigenvalue weighted by Gasteiger charge is -2.22. The van der Waals surface area contributed by atoms with Crippen LogP contribution in [0.25, 0.3) is 0 Å². The summed E-state index contributed by atoms with van der Waals surface area (Å²) in [7, 11) is 4.02. The van der Waals surface area contributed by atoms with Gasteiger partial charge in [0, 0.05) is 25.2 Å². The van der Waals surface area contributed by atoms with Gasteiger partial charge in [-0.05, 0) is 25.0 Å². The maximum Gasteiger partial charge on any atom is 0.171 e. The minimum Gasteiger partial charge on any atom is -0.487 e.